The SMILES string of the molecule is CC(C)(C)C(=O)N1CCc2ccc(NS(C)(=O)=O)cc21. The van der Waals surface area contributed by atoms with Gasteiger partial charge in [0.05, 0.1) is 11.9 Å². The van der Waals surface area contributed by atoms with Crippen molar-refractivity contribution in [1.82, 2.24) is 0 Å². The van der Waals surface area contributed by atoms with Gasteiger partial charge in [-0.25, -0.2) is 8.42 Å². The van der Waals surface area contributed by atoms with Crippen molar-refractivity contribution in [2.24, 2.45) is 5.41 Å². The minimum Gasteiger partial charge on any atom is -0.311 e. The summed E-state index contributed by atoms with van der Waals surface area (Å²) in [5.41, 5.74) is 1.90. The number of sulfonamides is 1. The second-order valence-corrected chi connectivity index (χ2v) is 7.92. The molecule has 0 unspecified atom stereocenters. The van der Waals surface area contributed by atoms with Crippen LogP contribution in [0.1, 0.15) is 26.3 Å². The summed E-state index contributed by atoms with van der Waals surface area (Å²) < 4.78 is 25.0. The number of anilines is 2. The Balaban J connectivity index is 2.36. The quantitative estimate of drug-likeness (QED) is 0.907. The third-order valence-corrected chi connectivity index (χ3v) is 3.78. The van der Waals surface area contributed by atoms with E-state index >= 15 is 0 Å². The zero-order chi connectivity index (χ0) is 15.1. The Morgan fingerprint density at radius 1 is 1.30 bits per heavy atom. The van der Waals surface area contributed by atoms with Crippen LogP contribution in [0, 0.1) is 5.41 Å². The molecule has 1 heterocycles. The molecular weight excluding hydrogens is 276 g/mol. The van der Waals surface area contributed by atoms with Crippen molar-refractivity contribution in [3.8, 4) is 0 Å². The highest BCUT2D eigenvalue weighted by Crippen LogP contribution is 2.34. The number of nitrogens with one attached hydrogen (secondary N) is 1. The van der Waals surface area contributed by atoms with Crippen molar-refractivity contribution in [2.75, 3.05) is 22.4 Å². The highest BCUT2D eigenvalue weighted by Gasteiger charge is 2.32. The molecule has 20 heavy (non-hydrogen) atoms. The maximum atomic E-state index is 12.4. The van der Waals surface area contributed by atoms with Gasteiger partial charge in [-0.2, -0.15) is 0 Å². The molecule has 1 amide bonds. The standard InChI is InChI=1S/C14H20N2O3S/c1-14(2,3)13(17)16-8-7-10-5-6-11(9-12(10)16)15-20(4,18)19/h5-6,9,15H,7-8H2,1-4H3. The molecule has 1 N–H and O–H groups in total. The number of carbonyl (C=O) groups excluding carboxylic acids is 1. The van der Waals surface area contributed by atoms with Crippen LogP contribution in [0.4, 0.5) is 11.4 Å². The maximum absolute atomic E-state index is 12.4. The van der Waals surface area contributed by atoms with Crippen molar-refractivity contribution < 1.29 is 13.2 Å². The first-order chi connectivity index (χ1) is 9.08. The minimum atomic E-state index is -3.31. The largest absolute Gasteiger partial charge is 0.311 e. The molecule has 0 bridgehead atoms. The minimum absolute atomic E-state index is 0.0488. The second kappa shape index (κ2) is 4.77. The monoisotopic (exact) mass is 296 g/mol. The predicted octanol–water partition coefficient (Wildman–Crippen LogP) is 1.99. The van der Waals surface area contributed by atoms with Crippen molar-refractivity contribution >= 4 is 27.3 Å². The molecular formula is C14H20N2O3S. The van der Waals surface area contributed by atoms with Gasteiger partial charge in [0.15, 0.2) is 0 Å². The van der Waals surface area contributed by atoms with Crippen molar-refractivity contribution in [2.45, 2.75) is 27.2 Å². The summed E-state index contributed by atoms with van der Waals surface area (Å²) in [5.74, 6) is 0.0488. The average molecular weight is 296 g/mol. The Morgan fingerprint density at radius 2 is 1.95 bits per heavy atom. The summed E-state index contributed by atoms with van der Waals surface area (Å²) in [6, 6.07) is 5.33. The summed E-state index contributed by atoms with van der Waals surface area (Å²) in [6.45, 7) is 6.29. The van der Waals surface area contributed by atoms with Crippen molar-refractivity contribution in [3.05, 3.63) is 23.8 Å². The van der Waals surface area contributed by atoms with E-state index in [1.807, 2.05) is 26.8 Å². The van der Waals surface area contributed by atoms with Crippen LogP contribution in [-0.2, 0) is 21.2 Å². The lowest BCUT2D eigenvalue weighted by molar-refractivity contribution is -0.125. The second-order valence-electron chi connectivity index (χ2n) is 6.17. The van der Waals surface area contributed by atoms with Gasteiger partial charge >= 0.3 is 0 Å². The Morgan fingerprint density at radius 3 is 2.50 bits per heavy atom. The van der Waals surface area contributed by atoms with Crippen molar-refractivity contribution in [3.63, 3.8) is 0 Å². The van der Waals surface area contributed by atoms with Crippen LogP contribution in [0.15, 0.2) is 18.2 Å². The number of fused-ring (bicyclic) bond motifs is 1. The van der Waals surface area contributed by atoms with Gasteiger partial charge in [-0.1, -0.05) is 26.8 Å². The van der Waals surface area contributed by atoms with Gasteiger partial charge in [0.25, 0.3) is 0 Å². The number of benzene rings is 1. The van der Waals surface area contributed by atoms with E-state index in [0.29, 0.717) is 12.2 Å². The van der Waals surface area contributed by atoms with Gasteiger partial charge < -0.3 is 4.90 Å². The molecule has 6 heteroatoms. The Bertz CT molecular complexity index is 645. The summed E-state index contributed by atoms with van der Waals surface area (Å²) >= 11 is 0. The van der Waals surface area contributed by atoms with E-state index < -0.39 is 15.4 Å². The van der Waals surface area contributed by atoms with Crippen LogP contribution in [0.2, 0.25) is 0 Å². The summed E-state index contributed by atoms with van der Waals surface area (Å²) in [7, 11) is -3.31. The lowest BCUT2D eigenvalue weighted by Gasteiger charge is -2.26. The molecule has 0 spiro atoms. The predicted molar refractivity (Wildman–Crippen MR) is 80.4 cm³/mol. The van der Waals surface area contributed by atoms with E-state index in [-0.39, 0.29) is 5.91 Å². The fourth-order valence-electron chi connectivity index (χ4n) is 2.27. The number of hydrogen-bond acceptors (Lipinski definition) is 3. The fourth-order valence-corrected chi connectivity index (χ4v) is 2.83. The molecule has 1 aliphatic rings. The van der Waals surface area contributed by atoms with E-state index in [4.69, 9.17) is 0 Å². The average Bonchev–Trinajstić information content (AvgIpc) is 2.67. The fraction of sp³-hybridized carbons (Fsp3) is 0.500. The molecule has 110 valence electrons. The topological polar surface area (TPSA) is 66.5 Å². The van der Waals surface area contributed by atoms with Crippen molar-refractivity contribution in [1.29, 1.82) is 0 Å². The van der Waals surface area contributed by atoms with Crippen LogP contribution >= 0.6 is 0 Å². The summed E-state index contributed by atoms with van der Waals surface area (Å²) in [6.07, 6.45) is 1.91. The molecule has 0 saturated carbocycles. The first kappa shape index (κ1) is 14.8. The molecule has 5 nitrogen and oxygen atoms in total. The number of hydrogen-bond donors (Lipinski definition) is 1. The summed E-state index contributed by atoms with van der Waals surface area (Å²) in [4.78, 5) is 14.2. The van der Waals surface area contributed by atoms with Crippen LogP contribution < -0.4 is 9.62 Å². The van der Waals surface area contributed by atoms with Crippen LogP contribution in [0.5, 0.6) is 0 Å². The molecule has 1 aliphatic heterocycles. The van der Waals surface area contributed by atoms with E-state index in [0.717, 1.165) is 23.9 Å². The number of rotatable bonds is 2. The van der Waals surface area contributed by atoms with Gasteiger partial charge in [-0.15, -0.1) is 0 Å². The maximum Gasteiger partial charge on any atom is 0.232 e. The number of carbonyl (C=O) groups is 1. The summed E-state index contributed by atoms with van der Waals surface area (Å²) in [5, 5.41) is 0. The Hall–Kier alpha value is -1.56. The third-order valence-electron chi connectivity index (χ3n) is 3.17. The normalized spacial score (nSPS) is 15.1. The Labute approximate surface area is 120 Å². The molecule has 0 saturated heterocycles. The lowest BCUT2D eigenvalue weighted by Crippen LogP contribution is -2.38. The van der Waals surface area contributed by atoms with Crippen LogP contribution in [-0.4, -0.2) is 27.1 Å². The third kappa shape index (κ3) is 3.12. The van der Waals surface area contributed by atoms with E-state index in [2.05, 4.69) is 4.72 Å². The van der Waals surface area contributed by atoms with Gasteiger partial charge in [-0.3, -0.25) is 9.52 Å². The number of amides is 1. The Kier molecular flexibility index (Phi) is 3.54. The molecule has 0 aliphatic carbocycles. The molecule has 0 atom stereocenters. The van der Waals surface area contributed by atoms with Gasteiger partial charge in [0, 0.05) is 17.6 Å². The lowest BCUT2D eigenvalue weighted by atomic mass is 9.94. The van der Waals surface area contributed by atoms with E-state index in [1.165, 1.54) is 0 Å². The molecule has 0 radical (unpaired) electrons. The zero-order valence-corrected chi connectivity index (χ0v) is 13.0. The van der Waals surface area contributed by atoms with E-state index in [9.17, 15) is 13.2 Å². The van der Waals surface area contributed by atoms with E-state index in [1.54, 1.807) is 17.0 Å². The smallest absolute Gasteiger partial charge is 0.232 e. The first-order valence-electron chi connectivity index (χ1n) is 6.50. The van der Waals surface area contributed by atoms with Gasteiger partial charge in [0.1, 0.15) is 0 Å². The van der Waals surface area contributed by atoms with Gasteiger partial charge in [-0.05, 0) is 24.1 Å². The molecule has 0 aromatic heterocycles. The first-order valence-corrected chi connectivity index (χ1v) is 8.40. The molecule has 2 rings (SSSR count). The van der Waals surface area contributed by atoms with Gasteiger partial charge in [0.2, 0.25) is 15.9 Å². The molecule has 1 aromatic rings. The van der Waals surface area contributed by atoms with Crippen LogP contribution in [0.3, 0.4) is 0 Å². The highest BCUT2D eigenvalue weighted by molar-refractivity contribution is 7.92. The zero-order valence-electron chi connectivity index (χ0n) is 12.2. The molecule has 0 fully saturated rings. The number of nitrogens with zero attached hydrogens (tertiary/aromatic N) is 1. The highest BCUT2D eigenvalue weighted by atomic mass is 32.2. The molecule has 1 aromatic carbocycles. The van der Waals surface area contributed by atoms with Crippen LogP contribution in [0.25, 0.3) is 0 Å².